The number of piperidine rings is 2. The molecule has 10 nitrogen and oxygen atoms in total. The van der Waals surface area contributed by atoms with E-state index >= 15 is 0 Å². The van der Waals surface area contributed by atoms with Gasteiger partial charge in [-0.05, 0) is 68.7 Å². The molecule has 6 rings (SSSR count). The van der Waals surface area contributed by atoms with E-state index in [-0.39, 0.29) is 24.3 Å². The number of amides is 3. The number of sulfonamides is 1. The van der Waals surface area contributed by atoms with E-state index in [1.54, 1.807) is 31.1 Å². The monoisotopic (exact) mass is 563 g/mol. The van der Waals surface area contributed by atoms with E-state index in [4.69, 9.17) is 0 Å². The Morgan fingerprint density at radius 1 is 1.02 bits per heavy atom. The van der Waals surface area contributed by atoms with Crippen LogP contribution >= 0.6 is 0 Å². The van der Waals surface area contributed by atoms with E-state index in [2.05, 4.69) is 10.4 Å². The number of benzene rings is 2. The molecule has 3 aromatic rings. The maximum Gasteiger partial charge on any atom is 0.259 e. The number of aromatic nitrogens is 2. The van der Waals surface area contributed by atoms with Gasteiger partial charge in [0.1, 0.15) is 6.04 Å². The van der Waals surface area contributed by atoms with Gasteiger partial charge in [-0.1, -0.05) is 18.2 Å². The summed E-state index contributed by atoms with van der Waals surface area (Å²) in [7, 11) is -3.34. The molecule has 1 atom stereocenters. The molecule has 11 heteroatoms. The van der Waals surface area contributed by atoms with E-state index in [1.807, 2.05) is 41.3 Å². The number of nitrogens with one attached hydrogen (secondary N) is 1. The zero-order chi connectivity index (χ0) is 28.4. The number of carbonyl (C=O) groups is 3. The van der Waals surface area contributed by atoms with Crippen LogP contribution in [0.15, 0.2) is 42.7 Å². The molecule has 0 bridgehead atoms. The molecule has 3 aliphatic heterocycles. The molecule has 4 heterocycles. The van der Waals surface area contributed by atoms with Gasteiger partial charge in [-0.25, -0.2) is 12.7 Å². The minimum Gasteiger partial charge on any atom is -0.295 e. The van der Waals surface area contributed by atoms with Crippen LogP contribution in [0, 0.1) is 0 Å². The Balaban J connectivity index is 1.22. The van der Waals surface area contributed by atoms with Gasteiger partial charge in [-0.3, -0.25) is 29.3 Å². The number of hydrogen-bond donors (Lipinski definition) is 1. The number of imide groups is 1. The van der Waals surface area contributed by atoms with E-state index in [1.165, 1.54) is 4.90 Å². The fourth-order valence-electron chi connectivity index (χ4n) is 6.08. The third kappa shape index (κ3) is 4.32. The van der Waals surface area contributed by atoms with Crippen molar-refractivity contribution in [1.82, 2.24) is 19.4 Å². The van der Waals surface area contributed by atoms with Crippen molar-refractivity contribution in [3.8, 4) is 0 Å². The van der Waals surface area contributed by atoms with Gasteiger partial charge in [0.2, 0.25) is 21.8 Å². The first-order chi connectivity index (χ1) is 19.0. The van der Waals surface area contributed by atoms with Gasteiger partial charge in [0, 0.05) is 43.1 Å². The van der Waals surface area contributed by atoms with Crippen LogP contribution in [0.4, 0.5) is 5.69 Å². The summed E-state index contributed by atoms with van der Waals surface area (Å²) in [5.74, 6) is -0.976. The van der Waals surface area contributed by atoms with Gasteiger partial charge in [0.25, 0.3) is 5.91 Å². The predicted molar refractivity (Wildman–Crippen MR) is 150 cm³/mol. The summed E-state index contributed by atoms with van der Waals surface area (Å²) >= 11 is 0. The summed E-state index contributed by atoms with van der Waals surface area (Å²) in [5, 5.41) is 8.75. The quantitative estimate of drug-likeness (QED) is 0.476. The Labute approximate surface area is 233 Å². The van der Waals surface area contributed by atoms with Crippen LogP contribution in [0.2, 0.25) is 0 Å². The highest BCUT2D eigenvalue weighted by Gasteiger charge is 2.41. The standard InChI is InChI=1S/C29H33N5O5S/c1-29(2,3)40(38,39)32-13-11-20(12-14-32)33-17-18(16-30-33)15-19-7-8-23-26-21(19)5-4-6-22(26)28(37)34(23)24-9-10-25(35)31-27(24)36/h4-8,16-17,20,24H,9-15H2,1-3H3,(H,31,35,36). The molecule has 1 unspecified atom stereocenters. The first-order valence-corrected chi connectivity index (χ1v) is 15.1. The van der Waals surface area contributed by atoms with E-state index in [0.717, 1.165) is 21.9 Å². The summed E-state index contributed by atoms with van der Waals surface area (Å²) in [6.07, 6.45) is 6.40. The van der Waals surface area contributed by atoms with E-state index in [0.29, 0.717) is 50.0 Å². The fourth-order valence-corrected chi connectivity index (χ4v) is 7.55. The molecule has 1 aromatic heterocycles. The Kier molecular flexibility index (Phi) is 6.34. The van der Waals surface area contributed by atoms with Gasteiger partial charge in [-0.15, -0.1) is 0 Å². The van der Waals surface area contributed by atoms with E-state index < -0.39 is 26.7 Å². The van der Waals surface area contributed by atoms with Gasteiger partial charge < -0.3 is 0 Å². The van der Waals surface area contributed by atoms with Crippen molar-refractivity contribution < 1.29 is 22.8 Å². The lowest BCUT2D eigenvalue weighted by Crippen LogP contribution is -2.53. The third-order valence-corrected chi connectivity index (χ3v) is 10.9. The summed E-state index contributed by atoms with van der Waals surface area (Å²) < 4.78 is 28.4. The van der Waals surface area contributed by atoms with Crippen LogP contribution in [0.5, 0.6) is 0 Å². The molecule has 2 fully saturated rings. The molecule has 3 amide bonds. The Morgan fingerprint density at radius 3 is 2.48 bits per heavy atom. The molecule has 0 saturated carbocycles. The number of anilines is 1. The number of rotatable bonds is 5. The highest BCUT2D eigenvalue weighted by atomic mass is 32.2. The van der Waals surface area contributed by atoms with E-state index in [9.17, 15) is 22.8 Å². The number of nitrogens with zero attached hydrogens (tertiary/aromatic N) is 4. The van der Waals surface area contributed by atoms with Crippen LogP contribution in [0.25, 0.3) is 10.8 Å². The van der Waals surface area contributed by atoms with Gasteiger partial charge in [0.15, 0.2) is 0 Å². The van der Waals surface area contributed by atoms with Crippen molar-refractivity contribution in [3.63, 3.8) is 0 Å². The molecule has 0 radical (unpaired) electrons. The first-order valence-electron chi connectivity index (χ1n) is 13.7. The second-order valence-corrected chi connectivity index (χ2v) is 14.6. The normalized spacial score (nSPS) is 20.9. The SMILES string of the molecule is CC(C)(C)S(=O)(=O)N1CCC(n2cc(Cc3ccc4c5c(cccc35)C(=O)N4C3CCC(=O)NC3=O)cn2)CC1. The summed E-state index contributed by atoms with van der Waals surface area (Å²) in [5.41, 5.74) is 3.33. The first kappa shape index (κ1) is 26.6. The highest BCUT2D eigenvalue weighted by molar-refractivity contribution is 7.90. The summed E-state index contributed by atoms with van der Waals surface area (Å²) in [6, 6.07) is 8.95. The smallest absolute Gasteiger partial charge is 0.259 e. The lowest BCUT2D eigenvalue weighted by atomic mass is 9.97. The minimum atomic E-state index is -3.34. The topological polar surface area (TPSA) is 122 Å². The Bertz CT molecular complexity index is 1650. The molecule has 0 aliphatic carbocycles. The van der Waals surface area contributed by atoms with Crippen LogP contribution < -0.4 is 10.2 Å². The lowest BCUT2D eigenvalue weighted by molar-refractivity contribution is -0.134. The zero-order valence-electron chi connectivity index (χ0n) is 22.9. The molecule has 3 aliphatic rings. The average Bonchev–Trinajstić information content (AvgIpc) is 3.49. The van der Waals surface area contributed by atoms with Crippen molar-refractivity contribution in [3.05, 3.63) is 59.4 Å². The van der Waals surface area contributed by atoms with Gasteiger partial charge >= 0.3 is 0 Å². The lowest BCUT2D eigenvalue weighted by Gasteiger charge is -2.35. The molecule has 2 aromatic carbocycles. The maximum atomic E-state index is 13.4. The average molecular weight is 564 g/mol. The van der Waals surface area contributed by atoms with Gasteiger partial charge in [0.05, 0.1) is 22.7 Å². The predicted octanol–water partition coefficient (Wildman–Crippen LogP) is 3.16. The molecule has 0 spiro atoms. The largest absolute Gasteiger partial charge is 0.295 e. The van der Waals surface area contributed by atoms with Crippen LogP contribution in [-0.4, -0.2) is 64.1 Å². The second-order valence-electron chi connectivity index (χ2n) is 11.9. The van der Waals surface area contributed by atoms with Crippen molar-refractivity contribution in [2.24, 2.45) is 0 Å². The molecule has 2 saturated heterocycles. The van der Waals surface area contributed by atoms with Crippen molar-refractivity contribution in [2.75, 3.05) is 18.0 Å². The van der Waals surface area contributed by atoms with Crippen molar-refractivity contribution in [1.29, 1.82) is 0 Å². The summed E-state index contributed by atoms with van der Waals surface area (Å²) in [4.78, 5) is 39.2. The molecule has 210 valence electrons. The molecule has 1 N–H and O–H groups in total. The van der Waals surface area contributed by atoms with Crippen LogP contribution in [0.1, 0.15) is 74.0 Å². The molecular weight excluding hydrogens is 530 g/mol. The van der Waals surface area contributed by atoms with Gasteiger partial charge in [-0.2, -0.15) is 5.10 Å². The van der Waals surface area contributed by atoms with Crippen LogP contribution in [0.3, 0.4) is 0 Å². The number of hydrogen-bond acceptors (Lipinski definition) is 6. The zero-order valence-corrected chi connectivity index (χ0v) is 23.7. The number of carbonyl (C=O) groups excluding carboxylic acids is 3. The molecular formula is C29H33N5O5S. The summed E-state index contributed by atoms with van der Waals surface area (Å²) in [6.45, 7) is 6.15. The fraction of sp³-hybridized carbons (Fsp3) is 0.448. The second kappa shape index (κ2) is 9.52. The molecule has 40 heavy (non-hydrogen) atoms. The highest BCUT2D eigenvalue weighted by Crippen LogP contribution is 2.41. The Hall–Kier alpha value is -3.57. The minimum absolute atomic E-state index is 0.132. The van der Waals surface area contributed by atoms with Crippen molar-refractivity contribution in [2.45, 2.75) is 69.7 Å². The Morgan fingerprint density at radius 2 is 1.77 bits per heavy atom. The van der Waals surface area contributed by atoms with Crippen molar-refractivity contribution >= 4 is 44.2 Å². The maximum absolute atomic E-state index is 13.4. The van der Waals surface area contributed by atoms with Crippen LogP contribution in [-0.2, 0) is 26.0 Å². The third-order valence-electron chi connectivity index (χ3n) is 8.30.